The van der Waals surface area contributed by atoms with Gasteiger partial charge in [-0.3, -0.25) is 0 Å². The van der Waals surface area contributed by atoms with Gasteiger partial charge in [-0.2, -0.15) is 0 Å². The zero-order valence-corrected chi connectivity index (χ0v) is 10.1. The van der Waals surface area contributed by atoms with Gasteiger partial charge in [0.2, 0.25) is 5.79 Å². The Balaban J connectivity index is 2.28. The Bertz CT molecular complexity index is 658. The molecule has 0 saturated heterocycles. The first kappa shape index (κ1) is 11.3. The molecule has 0 amide bonds. The first-order valence-corrected chi connectivity index (χ1v) is 6.09. The minimum atomic E-state index is -1.18. The molecule has 1 aromatic heterocycles. The quantitative estimate of drug-likeness (QED) is 0.784. The first-order valence-electron chi connectivity index (χ1n) is 6.09. The van der Waals surface area contributed by atoms with Crippen LogP contribution in [0.5, 0.6) is 5.75 Å². The first-order chi connectivity index (χ1) is 8.63. The van der Waals surface area contributed by atoms with Crippen molar-refractivity contribution in [1.29, 1.82) is 0 Å². The summed E-state index contributed by atoms with van der Waals surface area (Å²) in [5.74, 6) is -0.707. The zero-order valence-electron chi connectivity index (χ0n) is 10.1. The fourth-order valence-electron chi connectivity index (χ4n) is 2.30. The summed E-state index contributed by atoms with van der Waals surface area (Å²) in [6, 6.07) is 7.20. The third-order valence-corrected chi connectivity index (χ3v) is 3.46. The van der Waals surface area contributed by atoms with E-state index >= 15 is 0 Å². The molecule has 0 radical (unpaired) electrons. The number of rotatable bonds is 1. The van der Waals surface area contributed by atoms with Gasteiger partial charge >= 0.3 is 5.63 Å². The normalized spacial score (nSPS) is 22.6. The number of ether oxygens (including phenoxy) is 1. The highest BCUT2D eigenvalue weighted by Gasteiger charge is 2.34. The van der Waals surface area contributed by atoms with Crippen LogP contribution in [0.2, 0.25) is 0 Å². The molecule has 1 atom stereocenters. The average Bonchev–Trinajstić information content (AvgIpc) is 2.39. The molecule has 18 heavy (non-hydrogen) atoms. The summed E-state index contributed by atoms with van der Waals surface area (Å²) in [7, 11) is 0. The van der Waals surface area contributed by atoms with Crippen LogP contribution in [0.3, 0.4) is 0 Å². The van der Waals surface area contributed by atoms with E-state index in [1.807, 2.05) is 19.1 Å². The molecule has 1 unspecified atom stereocenters. The lowest BCUT2D eigenvalue weighted by atomic mass is 9.98. The van der Waals surface area contributed by atoms with Gasteiger partial charge in [-0.25, -0.2) is 4.79 Å². The van der Waals surface area contributed by atoms with Crippen molar-refractivity contribution in [3.05, 3.63) is 40.2 Å². The summed E-state index contributed by atoms with van der Waals surface area (Å²) in [5.41, 5.74) is 0.635. The fraction of sp³-hybridized carbons (Fsp3) is 0.357. The number of benzene rings is 1. The number of hydrogen-bond donors (Lipinski definition) is 1. The lowest BCUT2D eigenvalue weighted by Crippen LogP contribution is -2.40. The Morgan fingerprint density at radius 1 is 1.39 bits per heavy atom. The molecular formula is C14H14O4. The molecule has 2 heterocycles. The Morgan fingerprint density at radius 2 is 2.17 bits per heavy atom. The summed E-state index contributed by atoms with van der Waals surface area (Å²) < 4.78 is 10.9. The predicted octanol–water partition coefficient (Wildman–Crippen LogP) is 2.22. The van der Waals surface area contributed by atoms with Gasteiger partial charge in [0.25, 0.3) is 0 Å². The van der Waals surface area contributed by atoms with E-state index in [-0.39, 0.29) is 5.63 Å². The second-order valence-corrected chi connectivity index (χ2v) is 4.60. The Hall–Kier alpha value is -1.81. The van der Waals surface area contributed by atoms with Crippen LogP contribution >= 0.6 is 0 Å². The molecule has 1 aliphatic heterocycles. The van der Waals surface area contributed by atoms with Gasteiger partial charge in [0, 0.05) is 12.8 Å². The molecule has 1 aromatic carbocycles. The molecule has 94 valence electrons. The highest BCUT2D eigenvalue weighted by Crippen LogP contribution is 2.37. The summed E-state index contributed by atoms with van der Waals surface area (Å²) in [6.07, 6.45) is 1.38. The molecule has 0 fully saturated rings. The van der Waals surface area contributed by atoms with Crippen LogP contribution in [-0.2, 0) is 6.42 Å². The third kappa shape index (κ3) is 1.61. The van der Waals surface area contributed by atoms with Crippen LogP contribution in [0.4, 0.5) is 0 Å². The van der Waals surface area contributed by atoms with Gasteiger partial charge in [0.05, 0.1) is 10.9 Å². The van der Waals surface area contributed by atoms with Crippen LogP contribution in [0.25, 0.3) is 11.0 Å². The number of hydrogen-bond acceptors (Lipinski definition) is 4. The molecule has 4 nitrogen and oxygen atoms in total. The summed E-state index contributed by atoms with van der Waals surface area (Å²) in [6.45, 7) is 1.86. The molecule has 0 spiro atoms. The maximum atomic E-state index is 11.8. The average molecular weight is 246 g/mol. The molecule has 0 aliphatic carbocycles. The van der Waals surface area contributed by atoms with E-state index in [1.165, 1.54) is 0 Å². The van der Waals surface area contributed by atoms with Crippen molar-refractivity contribution >= 4 is 11.0 Å². The molecule has 2 aromatic rings. The van der Waals surface area contributed by atoms with Gasteiger partial charge in [0.15, 0.2) is 0 Å². The van der Waals surface area contributed by atoms with E-state index in [1.54, 1.807) is 12.1 Å². The smallest absolute Gasteiger partial charge is 0.343 e. The van der Waals surface area contributed by atoms with E-state index in [0.717, 1.165) is 5.39 Å². The van der Waals surface area contributed by atoms with Crippen molar-refractivity contribution in [1.82, 2.24) is 0 Å². The highest BCUT2D eigenvalue weighted by atomic mass is 16.6. The van der Waals surface area contributed by atoms with Crippen molar-refractivity contribution < 1.29 is 14.3 Å². The zero-order chi connectivity index (χ0) is 12.8. The lowest BCUT2D eigenvalue weighted by Gasteiger charge is -2.33. The highest BCUT2D eigenvalue weighted by molar-refractivity contribution is 5.84. The summed E-state index contributed by atoms with van der Waals surface area (Å²) >= 11 is 0. The van der Waals surface area contributed by atoms with E-state index in [9.17, 15) is 9.90 Å². The largest absolute Gasteiger partial charge is 0.461 e. The van der Waals surface area contributed by atoms with Crippen LogP contribution in [0.15, 0.2) is 33.5 Å². The number of fused-ring (bicyclic) bond motifs is 3. The van der Waals surface area contributed by atoms with Crippen LogP contribution in [0, 0.1) is 0 Å². The fourth-order valence-corrected chi connectivity index (χ4v) is 2.30. The molecule has 1 N–H and O–H groups in total. The summed E-state index contributed by atoms with van der Waals surface area (Å²) in [5, 5.41) is 11.0. The van der Waals surface area contributed by atoms with Crippen molar-refractivity contribution in [2.45, 2.75) is 32.0 Å². The van der Waals surface area contributed by atoms with Gasteiger partial charge < -0.3 is 14.3 Å². The molecule has 0 bridgehead atoms. The molecular weight excluding hydrogens is 232 g/mol. The monoisotopic (exact) mass is 246 g/mol. The van der Waals surface area contributed by atoms with Crippen molar-refractivity contribution in [2.75, 3.05) is 0 Å². The summed E-state index contributed by atoms with van der Waals surface area (Å²) in [4.78, 5) is 11.8. The van der Waals surface area contributed by atoms with E-state index in [4.69, 9.17) is 9.15 Å². The molecule has 0 saturated carbocycles. The number of para-hydroxylation sites is 1. The second-order valence-electron chi connectivity index (χ2n) is 4.60. The van der Waals surface area contributed by atoms with Crippen LogP contribution < -0.4 is 10.4 Å². The van der Waals surface area contributed by atoms with Gasteiger partial charge in [-0.15, -0.1) is 0 Å². The van der Waals surface area contributed by atoms with Crippen LogP contribution in [-0.4, -0.2) is 10.9 Å². The van der Waals surface area contributed by atoms with E-state index in [0.29, 0.717) is 36.2 Å². The van der Waals surface area contributed by atoms with Crippen molar-refractivity contribution in [3.8, 4) is 5.75 Å². The minimum absolute atomic E-state index is 0.373. The van der Waals surface area contributed by atoms with Crippen molar-refractivity contribution in [2.24, 2.45) is 0 Å². The second kappa shape index (κ2) is 3.85. The third-order valence-electron chi connectivity index (χ3n) is 3.46. The van der Waals surface area contributed by atoms with Gasteiger partial charge in [-0.05, 0) is 18.6 Å². The van der Waals surface area contributed by atoms with Gasteiger partial charge in [-0.1, -0.05) is 19.1 Å². The topological polar surface area (TPSA) is 59.7 Å². The standard InChI is InChI=1S/C14H14O4/c1-2-14(16)8-7-10-12(18-14)9-5-3-4-6-11(9)17-13(10)15/h3-6,16H,2,7-8H2,1H3. The number of aliphatic hydroxyl groups is 1. The maximum Gasteiger partial charge on any atom is 0.343 e. The SMILES string of the molecule is CCC1(O)CCc2c(c3ccccc3oc2=O)O1. The Morgan fingerprint density at radius 3 is 2.94 bits per heavy atom. The predicted molar refractivity (Wildman–Crippen MR) is 66.7 cm³/mol. The molecule has 4 heteroatoms. The van der Waals surface area contributed by atoms with Crippen molar-refractivity contribution in [3.63, 3.8) is 0 Å². The maximum absolute atomic E-state index is 11.8. The lowest BCUT2D eigenvalue weighted by molar-refractivity contribution is -0.151. The van der Waals surface area contributed by atoms with Crippen LogP contribution in [0.1, 0.15) is 25.3 Å². The molecule has 1 aliphatic rings. The molecule has 3 rings (SSSR count). The van der Waals surface area contributed by atoms with E-state index < -0.39 is 5.79 Å². The minimum Gasteiger partial charge on any atom is -0.461 e. The van der Waals surface area contributed by atoms with E-state index in [2.05, 4.69) is 0 Å². The van der Waals surface area contributed by atoms with Gasteiger partial charge in [0.1, 0.15) is 11.3 Å². The Labute approximate surface area is 104 Å². The Kier molecular flexibility index (Phi) is 2.41.